The van der Waals surface area contributed by atoms with E-state index < -0.39 is 0 Å². The number of hydrogen-bond donors (Lipinski definition) is 1. The van der Waals surface area contributed by atoms with Gasteiger partial charge in [-0.15, -0.1) is 0 Å². The molecule has 1 aromatic carbocycles. The Balaban J connectivity index is 2.11. The number of nitrogens with zero attached hydrogens (tertiary/aromatic N) is 1. The minimum Gasteiger partial charge on any atom is -0.345 e. The van der Waals surface area contributed by atoms with Crippen molar-refractivity contribution in [2.24, 2.45) is 0 Å². The zero-order chi connectivity index (χ0) is 13.6. The Hall–Kier alpha value is -1.57. The van der Waals surface area contributed by atoms with E-state index in [0.29, 0.717) is 0 Å². The van der Waals surface area contributed by atoms with E-state index in [1.165, 1.54) is 28.1 Å². The first kappa shape index (κ1) is 12.5. The Labute approximate surface area is 115 Å². The molecule has 0 unspecified atom stereocenters. The Morgan fingerprint density at radius 3 is 2.68 bits per heavy atom. The normalized spacial score (nSPS) is 14.1. The molecule has 100 valence electrons. The van der Waals surface area contributed by atoms with Crippen LogP contribution < -0.4 is 0 Å². The van der Waals surface area contributed by atoms with E-state index in [4.69, 9.17) is 4.98 Å². The molecule has 19 heavy (non-hydrogen) atoms. The van der Waals surface area contributed by atoms with Crippen molar-refractivity contribution in [2.75, 3.05) is 0 Å². The minimum atomic E-state index is 0.0842. The molecule has 1 heterocycles. The first-order valence-corrected chi connectivity index (χ1v) is 7.20. The molecule has 1 aliphatic carbocycles. The van der Waals surface area contributed by atoms with E-state index in [1.54, 1.807) is 0 Å². The summed E-state index contributed by atoms with van der Waals surface area (Å²) in [5.41, 5.74) is 6.77. The molecular formula is C17H22N2. The van der Waals surface area contributed by atoms with Crippen molar-refractivity contribution in [1.29, 1.82) is 0 Å². The molecule has 0 saturated carbocycles. The molecule has 1 aliphatic rings. The molecule has 0 fully saturated rings. The van der Waals surface area contributed by atoms with Crippen molar-refractivity contribution in [3.63, 3.8) is 0 Å². The van der Waals surface area contributed by atoms with Crippen LogP contribution in [0.25, 0.3) is 11.3 Å². The molecule has 1 aromatic heterocycles. The van der Waals surface area contributed by atoms with Crippen LogP contribution in [0.1, 0.15) is 50.3 Å². The number of nitrogens with one attached hydrogen (secondary N) is 1. The van der Waals surface area contributed by atoms with Crippen LogP contribution in [0.4, 0.5) is 0 Å². The van der Waals surface area contributed by atoms with Gasteiger partial charge in [0.25, 0.3) is 0 Å². The summed E-state index contributed by atoms with van der Waals surface area (Å²) in [6.07, 6.45) is 3.31. The number of imidazole rings is 1. The summed E-state index contributed by atoms with van der Waals surface area (Å²) < 4.78 is 0. The van der Waals surface area contributed by atoms with E-state index in [1.807, 2.05) is 0 Å². The summed E-state index contributed by atoms with van der Waals surface area (Å²) in [6.45, 7) is 8.83. The Bertz CT molecular complexity index is 615. The SMILES string of the molecule is CCc1ccc2c(c1)CCc1[nH]c(C(C)(C)C)nc1-2. The van der Waals surface area contributed by atoms with Crippen molar-refractivity contribution in [2.45, 2.75) is 52.4 Å². The predicted molar refractivity (Wildman–Crippen MR) is 79.5 cm³/mol. The zero-order valence-corrected chi connectivity index (χ0v) is 12.3. The first-order chi connectivity index (χ1) is 8.99. The highest BCUT2D eigenvalue weighted by molar-refractivity contribution is 5.69. The second-order valence-corrected chi connectivity index (χ2v) is 6.51. The molecule has 0 saturated heterocycles. The quantitative estimate of drug-likeness (QED) is 0.817. The molecule has 2 heteroatoms. The molecule has 0 aliphatic heterocycles. The maximum atomic E-state index is 4.86. The predicted octanol–water partition coefficient (Wildman–Crippen LogP) is 4.04. The average molecular weight is 254 g/mol. The van der Waals surface area contributed by atoms with E-state index in [9.17, 15) is 0 Å². The standard InChI is InChI=1S/C17H22N2/c1-5-11-6-8-13-12(10-11)7-9-14-15(13)19-16(18-14)17(2,3)4/h6,8,10H,5,7,9H2,1-4H3,(H,18,19). The van der Waals surface area contributed by atoms with Crippen LogP contribution in [0.3, 0.4) is 0 Å². The van der Waals surface area contributed by atoms with Gasteiger partial charge in [-0.3, -0.25) is 0 Å². The van der Waals surface area contributed by atoms with Crippen LogP contribution >= 0.6 is 0 Å². The number of hydrogen-bond acceptors (Lipinski definition) is 1. The fraction of sp³-hybridized carbons (Fsp3) is 0.471. The number of rotatable bonds is 1. The molecule has 0 radical (unpaired) electrons. The van der Waals surface area contributed by atoms with Crippen molar-refractivity contribution in [1.82, 2.24) is 9.97 Å². The number of aromatic nitrogens is 2. The number of fused-ring (bicyclic) bond motifs is 3. The molecular weight excluding hydrogens is 232 g/mol. The van der Waals surface area contributed by atoms with Crippen LogP contribution in [-0.4, -0.2) is 9.97 Å². The van der Waals surface area contributed by atoms with Crippen molar-refractivity contribution < 1.29 is 0 Å². The molecule has 3 rings (SSSR count). The van der Waals surface area contributed by atoms with Gasteiger partial charge >= 0.3 is 0 Å². The highest BCUT2D eigenvalue weighted by Gasteiger charge is 2.25. The van der Waals surface area contributed by atoms with Gasteiger partial charge in [-0.05, 0) is 30.4 Å². The van der Waals surface area contributed by atoms with Crippen LogP contribution in [0.5, 0.6) is 0 Å². The van der Waals surface area contributed by atoms with Crippen molar-refractivity contribution >= 4 is 0 Å². The number of aryl methyl sites for hydroxylation is 3. The van der Waals surface area contributed by atoms with E-state index in [2.05, 4.69) is 50.9 Å². The minimum absolute atomic E-state index is 0.0842. The molecule has 2 nitrogen and oxygen atoms in total. The molecule has 1 N–H and O–H groups in total. The Morgan fingerprint density at radius 2 is 2.00 bits per heavy atom. The van der Waals surface area contributed by atoms with Crippen LogP contribution in [0.15, 0.2) is 18.2 Å². The van der Waals surface area contributed by atoms with Gasteiger partial charge < -0.3 is 4.98 Å². The molecule has 0 spiro atoms. The van der Waals surface area contributed by atoms with Gasteiger partial charge in [0.2, 0.25) is 0 Å². The number of H-pyrrole nitrogens is 1. The molecule has 2 aromatic rings. The maximum Gasteiger partial charge on any atom is 0.112 e. The van der Waals surface area contributed by atoms with Crippen molar-refractivity contribution in [3.8, 4) is 11.3 Å². The third-order valence-corrected chi connectivity index (χ3v) is 3.97. The third-order valence-electron chi connectivity index (χ3n) is 3.97. The average Bonchev–Trinajstić information content (AvgIpc) is 2.82. The zero-order valence-electron chi connectivity index (χ0n) is 12.3. The lowest BCUT2D eigenvalue weighted by atomic mass is 9.90. The second-order valence-electron chi connectivity index (χ2n) is 6.51. The molecule has 0 bridgehead atoms. The van der Waals surface area contributed by atoms with Gasteiger partial charge in [0, 0.05) is 16.7 Å². The Morgan fingerprint density at radius 1 is 1.21 bits per heavy atom. The van der Waals surface area contributed by atoms with E-state index in [0.717, 1.165) is 25.1 Å². The van der Waals surface area contributed by atoms with Gasteiger partial charge in [-0.2, -0.15) is 0 Å². The highest BCUT2D eigenvalue weighted by atomic mass is 15.0. The van der Waals surface area contributed by atoms with Crippen LogP contribution in [-0.2, 0) is 24.7 Å². The first-order valence-electron chi connectivity index (χ1n) is 7.20. The highest BCUT2D eigenvalue weighted by Crippen LogP contribution is 2.34. The lowest BCUT2D eigenvalue weighted by Gasteiger charge is -2.15. The summed E-state index contributed by atoms with van der Waals surface area (Å²) in [4.78, 5) is 8.40. The monoisotopic (exact) mass is 254 g/mol. The van der Waals surface area contributed by atoms with Gasteiger partial charge in [-0.25, -0.2) is 4.98 Å². The van der Waals surface area contributed by atoms with E-state index >= 15 is 0 Å². The summed E-state index contributed by atoms with van der Waals surface area (Å²) in [6, 6.07) is 6.84. The van der Waals surface area contributed by atoms with Crippen LogP contribution in [0, 0.1) is 0 Å². The van der Waals surface area contributed by atoms with Gasteiger partial charge in [-0.1, -0.05) is 45.9 Å². The van der Waals surface area contributed by atoms with E-state index in [-0.39, 0.29) is 5.41 Å². The number of benzene rings is 1. The fourth-order valence-corrected chi connectivity index (χ4v) is 2.73. The Kier molecular flexibility index (Phi) is 2.77. The van der Waals surface area contributed by atoms with Gasteiger partial charge in [0.05, 0.1) is 5.69 Å². The van der Waals surface area contributed by atoms with Gasteiger partial charge in [0.15, 0.2) is 0 Å². The second kappa shape index (κ2) is 4.22. The van der Waals surface area contributed by atoms with Crippen LogP contribution in [0.2, 0.25) is 0 Å². The lowest BCUT2D eigenvalue weighted by molar-refractivity contribution is 0.551. The molecule has 0 atom stereocenters. The maximum absolute atomic E-state index is 4.86. The van der Waals surface area contributed by atoms with Crippen molar-refractivity contribution in [3.05, 3.63) is 40.8 Å². The largest absolute Gasteiger partial charge is 0.345 e. The fourth-order valence-electron chi connectivity index (χ4n) is 2.73. The summed E-state index contributed by atoms with van der Waals surface area (Å²) in [5, 5.41) is 0. The number of aromatic amines is 1. The summed E-state index contributed by atoms with van der Waals surface area (Å²) in [7, 11) is 0. The third kappa shape index (κ3) is 2.09. The smallest absolute Gasteiger partial charge is 0.112 e. The van der Waals surface area contributed by atoms with Gasteiger partial charge in [0.1, 0.15) is 5.82 Å². The lowest BCUT2D eigenvalue weighted by Crippen LogP contribution is -2.13. The summed E-state index contributed by atoms with van der Waals surface area (Å²) >= 11 is 0. The molecule has 0 amide bonds. The summed E-state index contributed by atoms with van der Waals surface area (Å²) in [5.74, 6) is 1.10. The topological polar surface area (TPSA) is 28.7 Å².